The molecule has 1 aliphatic carbocycles. The maximum absolute atomic E-state index is 12.6. The van der Waals surface area contributed by atoms with Gasteiger partial charge in [0.25, 0.3) is 11.8 Å². The van der Waals surface area contributed by atoms with Gasteiger partial charge in [-0.05, 0) is 37.1 Å². The Morgan fingerprint density at radius 1 is 1.12 bits per heavy atom. The zero-order valence-corrected chi connectivity index (χ0v) is 15.1. The summed E-state index contributed by atoms with van der Waals surface area (Å²) >= 11 is 0. The van der Waals surface area contributed by atoms with Gasteiger partial charge in [-0.15, -0.1) is 0 Å². The highest BCUT2D eigenvalue weighted by molar-refractivity contribution is 7.92. The number of carbonyl (C=O) groups is 3. The number of imide groups is 1. The van der Waals surface area contributed by atoms with E-state index >= 15 is 0 Å². The van der Waals surface area contributed by atoms with Crippen molar-refractivity contribution in [2.24, 2.45) is 0 Å². The molecule has 1 aromatic rings. The molecule has 3 rings (SSSR count). The molecule has 10 heteroatoms. The molecule has 4 amide bonds. The van der Waals surface area contributed by atoms with E-state index in [1.165, 1.54) is 24.3 Å². The second kappa shape index (κ2) is 6.60. The molecule has 0 atom stereocenters. The van der Waals surface area contributed by atoms with Crippen LogP contribution < -0.4 is 15.5 Å². The van der Waals surface area contributed by atoms with E-state index in [1.54, 1.807) is 0 Å². The van der Waals surface area contributed by atoms with Crippen molar-refractivity contribution in [1.82, 2.24) is 15.8 Å². The highest BCUT2D eigenvalue weighted by atomic mass is 32.2. The molecular weight excluding hydrogens is 360 g/mol. The summed E-state index contributed by atoms with van der Waals surface area (Å²) in [7, 11) is -3.42. The summed E-state index contributed by atoms with van der Waals surface area (Å²) < 4.78 is 24.7. The third-order valence-corrected chi connectivity index (χ3v) is 5.14. The number of sulfonamides is 1. The zero-order valence-electron chi connectivity index (χ0n) is 14.2. The van der Waals surface area contributed by atoms with Crippen LogP contribution in [0, 0.1) is 0 Å². The van der Waals surface area contributed by atoms with Crippen molar-refractivity contribution in [3.63, 3.8) is 0 Å². The molecular formula is C16H20N4O5S. The number of hydrogen-bond donors (Lipinski definition) is 3. The van der Waals surface area contributed by atoms with E-state index in [1.807, 2.05) is 0 Å². The Morgan fingerprint density at radius 2 is 1.73 bits per heavy atom. The van der Waals surface area contributed by atoms with Gasteiger partial charge in [-0.25, -0.2) is 13.2 Å². The topological polar surface area (TPSA) is 125 Å². The van der Waals surface area contributed by atoms with Crippen molar-refractivity contribution in [2.45, 2.75) is 37.6 Å². The highest BCUT2D eigenvalue weighted by Crippen LogP contribution is 2.33. The van der Waals surface area contributed by atoms with E-state index in [9.17, 15) is 22.8 Å². The second-order valence-electron chi connectivity index (χ2n) is 6.61. The molecule has 1 heterocycles. The summed E-state index contributed by atoms with van der Waals surface area (Å²) in [4.78, 5) is 37.1. The Labute approximate surface area is 151 Å². The van der Waals surface area contributed by atoms with Gasteiger partial charge in [-0.2, -0.15) is 5.01 Å². The average Bonchev–Trinajstić information content (AvgIpc) is 2.79. The molecule has 1 aliphatic heterocycles. The van der Waals surface area contributed by atoms with Crippen LogP contribution in [0.15, 0.2) is 24.3 Å². The van der Waals surface area contributed by atoms with Crippen molar-refractivity contribution >= 4 is 33.6 Å². The molecule has 140 valence electrons. The maximum Gasteiger partial charge on any atom is 0.344 e. The predicted octanol–water partition coefficient (Wildman–Crippen LogP) is 0.958. The quantitative estimate of drug-likeness (QED) is 0.671. The first-order valence-electron chi connectivity index (χ1n) is 8.26. The summed E-state index contributed by atoms with van der Waals surface area (Å²) in [6, 6.07) is 5.00. The number of hydrogen-bond acceptors (Lipinski definition) is 5. The van der Waals surface area contributed by atoms with Crippen LogP contribution in [0.5, 0.6) is 0 Å². The molecule has 9 nitrogen and oxygen atoms in total. The molecule has 26 heavy (non-hydrogen) atoms. The van der Waals surface area contributed by atoms with Crippen LogP contribution >= 0.6 is 0 Å². The fourth-order valence-corrected chi connectivity index (χ4v) is 3.85. The predicted molar refractivity (Wildman–Crippen MR) is 93.6 cm³/mol. The maximum atomic E-state index is 12.6. The van der Waals surface area contributed by atoms with Crippen molar-refractivity contribution in [3.8, 4) is 0 Å². The number of anilines is 1. The third-order valence-electron chi connectivity index (χ3n) is 4.53. The highest BCUT2D eigenvalue weighted by Gasteiger charge is 2.52. The lowest BCUT2D eigenvalue weighted by molar-refractivity contribution is -0.134. The molecule has 1 saturated heterocycles. The minimum atomic E-state index is -3.42. The number of nitrogens with zero attached hydrogens (tertiary/aromatic N) is 1. The smallest absolute Gasteiger partial charge is 0.322 e. The summed E-state index contributed by atoms with van der Waals surface area (Å²) in [5.74, 6) is -1.07. The zero-order chi connectivity index (χ0) is 18.9. The summed E-state index contributed by atoms with van der Waals surface area (Å²) in [5, 5.41) is 3.44. The van der Waals surface area contributed by atoms with Crippen LogP contribution in [0.1, 0.15) is 42.5 Å². The van der Waals surface area contributed by atoms with E-state index in [-0.39, 0.29) is 5.56 Å². The lowest BCUT2D eigenvalue weighted by Crippen LogP contribution is -2.50. The van der Waals surface area contributed by atoms with Crippen LogP contribution in [0.25, 0.3) is 0 Å². The van der Waals surface area contributed by atoms with Gasteiger partial charge in [-0.1, -0.05) is 19.3 Å². The third kappa shape index (κ3) is 3.64. The monoisotopic (exact) mass is 380 g/mol. The first-order valence-corrected chi connectivity index (χ1v) is 10.1. The molecule has 1 spiro atoms. The van der Waals surface area contributed by atoms with Gasteiger partial charge in [0.1, 0.15) is 5.54 Å². The molecule has 0 unspecified atom stereocenters. The lowest BCUT2D eigenvalue weighted by atomic mass is 9.82. The van der Waals surface area contributed by atoms with Crippen LogP contribution in [-0.4, -0.2) is 43.1 Å². The number of hydrazine groups is 1. The summed E-state index contributed by atoms with van der Waals surface area (Å²) in [6.45, 7) is 0. The van der Waals surface area contributed by atoms with Gasteiger partial charge < -0.3 is 5.32 Å². The average molecular weight is 380 g/mol. The summed E-state index contributed by atoms with van der Waals surface area (Å²) in [6.07, 6.45) is 4.87. The largest absolute Gasteiger partial charge is 0.344 e. The molecule has 2 fully saturated rings. The number of amides is 4. The van der Waals surface area contributed by atoms with E-state index < -0.39 is 33.4 Å². The van der Waals surface area contributed by atoms with Crippen LogP contribution in [0.4, 0.5) is 10.5 Å². The molecule has 0 radical (unpaired) electrons. The van der Waals surface area contributed by atoms with E-state index in [0.29, 0.717) is 18.5 Å². The van der Waals surface area contributed by atoms with E-state index in [2.05, 4.69) is 15.5 Å². The lowest BCUT2D eigenvalue weighted by Gasteiger charge is -2.30. The Bertz CT molecular complexity index is 844. The van der Waals surface area contributed by atoms with Gasteiger partial charge in [0.2, 0.25) is 10.0 Å². The minimum Gasteiger partial charge on any atom is -0.322 e. The standard InChI is InChI=1S/C16H20N4O5S/c1-26(24,25)19-12-7-5-11(6-8-12)13(21)18-20-14(22)16(17-15(20)23)9-3-2-4-10-16/h5-8,19H,2-4,9-10H2,1H3,(H,17,23)(H,18,21). The first kappa shape index (κ1) is 18.2. The van der Waals surface area contributed by atoms with Gasteiger partial charge in [-0.3, -0.25) is 19.7 Å². The number of carbonyl (C=O) groups excluding carboxylic acids is 3. The Morgan fingerprint density at radius 3 is 2.31 bits per heavy atom. The number of nitrogens with one attached hydrogen (secondary N) is 3. The van der Waals surface area contributed by atoms with Gasteiger partial charge in [0.05, 0.1) is 6.26 Å². The van der Waals surface area contributed by atoms with Crippen LogP contribution in [-0.2, 0) is 14.8 Å². The molecule has 0 aromatic heterocycles. The van der Waals surface area contributed by atoms with Crippen molar-refractivity contribution in [1.29, 1.82) is 0 Å². The van der Waals surface area contributed by atoms with Gasteiger partial charge in [0.15, 0.2) is 0 Å². The van der Waals surface area contributed by atoms with Crippen LogP contribution in [0.2, 0.25) is 0 Å². The SMILES string of the molecule is CS(=O)(=O)Nc1ccc(C(=O)NN2C(=O)NC3(CCCCC3)C2=O)cc1. The number of rotatable bonds is 4. The fraction of sp³-hybridized carbons (Fsp3) is 0.438. The normalized spacial score (nSPS) is 19.3. The van der Waals surface area contributed by atoms with Crippen molar-refractivity contribution < 1.29 is 22.8 Å². The molecule has 3 N–H and O–H groups in total. The second-order valence-corrected chi connectivity index (χ2v) is 8.35. The molecule has 1 saturated carbocycles. The Kier molecular flexibility index (Phi) is 4.61. The number of urea groups is 1. The first-order chi connectivity index (χ1) is 12.2. The minimum absolute atomic E-state index is 0.189. The Balaban J connectivity index is 1.69. The number of benzene rings is 1. The van der Waals surface area contributed by atoms with Crippen molar-refractivity contribution in [2.75, 3.05) is 11.0 Å². The molecule has 0 bridgehead atoms. The van der Waals surface area contributed by atoms with Gasteiger partial charge >= 0.3 is 6.03 Å². The molecule has 2 aliphatic rings. The van der Waals surface area contributed by atoms with Crippen molar-refractivity contribution in [3.05, 3.63) is 29.8 Å². The molecule has 1 aromatic carbocycles. The fourth-order valence-electron chi connectivity index (χ4n) is 3.29. The van der Waals surface area contributed by atoms with E-state index in [4.69, 9.17) is 0 Å². The van der Waals surface area contributed by atoms with Crippen LogP contribution in [0.3, 0.4) is 0 Å². The van der Waals surface area contributed by atoms with Gasteiger partial charge in [0, 0.05) is 11.3 Å². The Hall–Kier alpha value is -2.62. The summed E-state index contributed by atoms with van der Waals surface area (Å²) in [5.41, 5.74) is 1.91. The van der Waals surface area contributed by atoms with E-state index in [0.717, 1.165) is 30.5 Å².